The molecule has 0 aliphatic carbocycles. The highest BCUT2D eigenvalue weighted by Crippen LogP contribution is 2.23. The number of hydrogen-bond donors (Lipinski definition) is 3. The van der Waals surface area contributed by atoms with Crippen molar-refractivity contribution < 1.29 is 51.4 Å². The van der Waals surface area contributed by atoms with E-state index in [-0.39, 0.29) is 25.9 Å². The van der Waals surface area contributed by atoms with Gasteiger partial charge in [0.2, 0.25) is 11.8 Å². The zero-order chi connectivity index (χ0) is 44.1. The summed E-state index contributed by atoms with van der Waals surface area (Å²) in [4.78, 5) is 84.5. The highest BCUT2D eigenvalue weighted by atomic mass is 32.2. The Balaban J connectivity index is 1.92. The summed E-state index contributed by atoms with van der Waals surface area (Å²) in [6.45, 7) is 13.5. The lowest BCUT2D eigenvalue weighted by Gasteiger charge is -2.27. The van der Waals surface area contributed by atoms with Crippen LogP contribution in [0.25, 0.3) is 10.9 Å². The number of ketones is 1. The maximum Gasteiger partial charge on any atom is 0.308 e. The molecule has 322 valence electrons. The van der Waals surface area contributed by atoms with Crippen LogP contribution in [-0.2, 0) is 65.8 Å². The fraction of sp³-hybridized carbons (Fsp3) is 0.500. The molecule has 0 spiro atoms. The maximum atomic E-state index is 14.3. The van der Waals surface area contributed by atoms with Crippen molar-refractivity contribution in [3.8, 4) is 0 Å². The largest absolute Gasteiger partial charge is 0.461 e. The van der Waals surface area contributed by atoms with E-state index >= 15 is 0 Å². The zero-order valence-electron chi connectivity index (χ0n) is 35.5. The number of benzene rings is 2. The van der Waals surface area contributed by atoms with Gasteiger partial charge in [0, 0.05) is 41.6 Å². The number of nitrogens with one attached hydrogen (secondary N) is 3. The van der Waals surface area contributed by atoms with Gasteiger partial charge in [-0.1, -0.05) is 68.5 Å². The zero-order valence-corrected chi connectivity index (χ0v) is 36.3. The summed E-state index contributed by atoms with van der Waals surface area (Å²) in [5.41, 5.74) is 0.410. The molecule has 15 heteroatoms. The fourth-order valence-corrected chi connectivity index (χ4v) is 6.56. The maximum absolute atomic E-state index is 14.3. The van der Waals surface area contributed by atoms with Crippen LogP contribution in [0.4, 0.5) is 0 Å². The Morgan fingerprint density at radius 3 is 1.90 bits per heavy atom. The third-order valence-electron chi connectivity index (χ3n) is 8.83. The second-order valence-corrected chi connectivity index (χ2v) is 19.0. The number of para-hydroxylation sites is 1. The average Bonchev–Trinajstić information content (AvgIpc) is 3.52. The van der Waals surface area contributed by atoms with Crippen LogP contribution in [0, 0.1) is 17.8 Å². The van der Waals surface area contributed by atoms with Gasteiger partial charge in [-0.05, 0) is 70.5 Å². The van der Waals surface area contributed by atoms with E-state index in [1.807, 2.05) is 36.4 Å². The molecule has 0 fully saturated rings. The number of amides is 2. The van der Waals surface area contributed by atoms with Crippen molar-refractivity contribution in [2.75, 3.05) is 6.26 Å². The normalized spacial score (nSPS) is 14.3. The quantitative estimate of drug-likeness (QED) is 0.0933. The van der Waals surface area contributed by atoms with Gasteiger partial charge in [0.05, 0.1) is 37.3 Å². The van der Waals surface area contributed by atoms with E-state index in [0.29, 0.717) is 5.69 Å². The van der Waals surface area contributed by atoms with Gasteiger partial charge in [-0.2, -0.15) is 0 Å². The Morgan fingerprint density at radius 1 is 0.746 bits per heavy atom. The summed E-state index contributed by atoms with van der Waals surface area (Å²) in [6, 6.07) is 15.9. The van der Waals surface area contributed by atoms with E-state index in [4.69, 9.17) is 14.2 Å². The summed E-state index contributed by atoms with van der Waals surface area (Å²) < 4.78 is 40.2. The highest BCUT2D eigenvalue weighted by Gasteiger charge is 2.35. The van der Waals surface area contributed by atoms with Gasteiger partial charge < -0.3 is 29.8 Å². The molecule has 0 aliphatic heterocycles. The number of H-pyrrole nitrogens is 1. The van der Waals surface area contributed by atoms with Gasteiger partial charge in [0.25, 0.3) is 0 Å². The molecule has 0 saturated heterocycles. The van der Waals surface area contributed by atoms with E-state index in [1.165, 1.54) is 6.08 Å². The number of carbonyl (C=O) groups excluding carboxylic acids is 6. The molecule has 0 aliphatic rings. The molecule has 2 amide bonds. The van der Waals surface area contributed by atoms with Gasteiger partial charge in [-0.3, -0.25) is 28.8 Å². The summed E-state index contributed by atoms with van der Waals surface area (Å²) in [7, 11) is -3.63. The minimum absolute atomic E-state index is 0.0261. The molecule has 0 saturated carbocycles. The monoisotopic (exact) mass is 837 g/mol. The molecule has 4 atom stereocenters. The Labute approximate surface area is 347 Å². The number of Topliss-reactive ketones (excluding diaryl/α,β-unsaturated/α-hetero) is 1. The van der Waals surface area contributed by atoms with Gasteiger partial charge in [0.1, 0.15) is 17.8 Å². The first kappa shape index (κ1) is 48.1. The van der Waals surface area contributed by atoms with Crippen LogP contribution in [0.5, 0.6) is 0 Å². The number of sulfone groups is 1. The number of esters is 3. The lowest BCUT2D eigenvalue weighted by Crippen LogP contribution is -2.48. The van der Waals surface area contributed by atoms with Crippen LogP contribution in [0.3, 0.4) is 0 Å². The van der Waals surface area contributed by atoms with E-state index < -0.39 is 99.2 Å². The molecule has 3 rings (SSSR count). The van der Waals surface area contributed by atoms with Crippen LogP contribution < -0.4 is 10.6 Å². The Hall–Kier alpha value is -5.31. The number of rotatable bonds is 20. The number of aromatic amines is 1. The third kappa shape index (κ3) is 18.0. The van der Waals surface area contributed by atoms with Crippen molar-refractivity contribution in [3.05, 3.63) is 83.4 Å². The predicted octanol–water partition coefficient (Wildman–Crippen LogP) is 5.68. The molecule has 59 heavy (non-hydrogen) atoms. The second kappa shape index (κ2) is 21.1. The van der Waals surface area contributed by atoms with Crippen LogP contribution in [0.1, 0.15) is 92.3 Å². The number of fused-ring (bicyclic) bond motifs is 1. The van der Waals surface area contributed by atoms with Crippen molar-refractivity contribution >= 4 is 56.2 Å². The van der Waals surface area contributed by atoms with Crippen molar-refractivity contribution in [2.24, 2.45) is 17.8 Å². The number of ether oxygens (including phenoxy) is 3. The predicted molar refractivity (Wildman–Crippen MR) is 223 cm³/mol. The van der Waals surface area contributed by atoms with Crippen molar-refractivity contribution in [3.63, 3.8) is 0 Å². The lowest BCUT2D eigenvalue weighted by molar-refractivity contribution is -0.159. The minimum atomic E-state index is -3.63. The number of aromatic nitrogens is 1. The molecular weight excluding hydrogens is 779 g/mol. The van der Waals surface area contributed by atoms with Crippen molar-refractivity contribution in [1.29, 1.82) is 0 Å². The number of carbonyl (C=O) groups is 6. The molecule has 0 bridgehead atoms. The lowest BCUT2D eigenvalue weighted by atomic mass is 9.86. The minimum Gasteiger partial charge on any atom is -0.461 e. The van der Waals surface area contributed by atoms with Crippen LogP contribution in [0.15, 0.2) is 72.1 Å². The first-order valence-corrected chi connectivity index (χ1v) is 21.5. The SMILES string of the molecule is CC(C)[C@H](CC(=O)[C@H](Cc1cc2ccccc2[nH]1)NC(=O)[C@@H](CC(=O)OCc1ccccc1)CC(=O)OC(C)(C)C)C(=O)N[C@H](/C=C/S(C)(=O)=O)CC(=O)OC(C)(C)C. The van der Waals surface area contributed by atoms with Crippen LogP contribution in [-0.4, -0.2) is 78.4 Å². The van der Waals surface area contributed by atoms with Crippen molar-refractivity contribution in [2.45, 2.75) is 117 Å². The van der Waals surface area contributed by atoms with E-state index in [2.05, 4.69) is 15.6 Å². The molecule has 0 radical (unpaired) electrons. The summed E-state index contributed by atoms with van der Waals surface area (Å²) in [6.07, 6.45) is 0.431. The van der Waals surface area contributed by atoms with E-state index in [1.54, 1.807) is 79.7 Å². The van der Waals surface area contributed by atoms with Gasteiger partial charge >= 0.3 is 17.9 Å². The summed E-state index contributed by atoms with van der Waals surface area (Å²) in [5.74, 6) is -6.74. The second-order valence-electron chi connectivity index (χ2n) is 17.1. The Morgan fingerprint density at radius 2 is 1.32 bits per heavy atom. The van der Waals surface area contributed by atoms with Gasteiger partial charge in [0.15, 0.2) is 15.6 Å². The van der Waals surface area contributed by atoms with Crippen LogP contribution in [0.2, 0.25) is 0 Å². The fourth-order valence-electron chi connectivity index (χ4n) is 6.09. The number of hydrogen-bond acceptors (Lipinski definition) is 11. The highest BCUT2D eigenvalue weighted by molar-refractivity contribution is 7.93. The third-order valence-corrected chi connectivity index (χ3v) is 9.48. The Bertz CT molecular complexity index is 2040. The molecule has 14 nitrogen and oxygen atoms in total. The smallest absolute Gasteiger partial charge is 0.308 e. The first-order chi connectivity index (χ1) is 27.4. The first-order valence-electron chi connectivity index (χ1n) is 19.6. The molecule has 0 unspecified atom stereocenters. The standard InChI is InChI=1S/C44H59N3O11S/c1-28(2)34(42(53)46-32(19-20-59(9,54)55)25-40(51)58-44(6,7)8)26-37(48)36(24-33-21-30-17-13-14-18-35(30)45-33)47-41(52)31(23-39(50)57-43(3,4)5)22-38(49)56-27-29-15-11-10-12-16-29/h10-21,28,31-32,34,36,45H,22-27H2,1-9H3,(H,46,53)(H,47,52)/b20-19+/t31-,32+,34-,36-/m0/s1. The van der Waals surface area contributed by atoms with E-state index in [9.17, 15) is 37.2 Å². The summed E-state index contributed by atoms with van der Waals surface area (Å²) >= 11 is 0. The van der Waals surface area contributed by atoms with Crippen molar-refractivity contribution in [1.82, 2.24) is 15.6 Å². The molecule has 3 aromatic rings. The summed E-state index contributed by atoms with van der Waals surface area (Å²) in [5, 5.41) is 7.22. The molecular formula is C44H59N3O11S. The van der Waals surface area contributed by atoms with E-state index in [0.717, 1.165) is 28.1 Å². The topological polar surface area (TPSA) is 204 Å². The molecule has 1 heterocycles. The Kier molecular flexibility index (Phi) is 17.2. The van der Waals surface area contributed by atoms with Gasteiger partial charge in [-0.15, -0.1) is 0 Å². The molecule has 1 aromatic heterocycles. The molecule has 2 aromatic carbocycles. The molecule has 3 N–H and O–H groups in total. The average molecular weight is 838 g/mol. The van der Waals surface area contributed by atoms with Crippen LogP contribution >= 0.6 is 0 Å². The van der Waals surface area contributed by atoms with Gasteiger partial charge in [-0.25, -0.2) is 8.42 Å².